The van der Waals surface area contributed by atoms with Gasteiger partial charge in [-0.15, -0.1) is 0 Å². The summed E-state index contributed by atoms with van der Waals surface area (Å²) in [7, 11) is -2.76. The Morgan fingerprint density at radius 1 is 1.18 bits per heavy atom. The number of aromatic nitrogens is 1. The van der Waals surface area contributed by atoms with Crippen molar-refractivity contribution >= 4 is 14.0 Å². The SMILES string of the molecule is C=CC(C(O)CC(=O)Oc1c(CC)nc(-c2ccccc2)c(C)c1-c1ccc(F)cc1)[P+](=O)O. The van der Waals surface area contributed by atoms with Crippen molar-refractivity contribution < 1.29 is 28.5 Å². The summed E-state index contributed by atoms with van der Waals surface area (Å²) >= 11 is 0. The quantitative estimate of drug-likeness (QED) is 0.242. The van der Waals surface area contributed by atoms with Gasteiger partial charge in [-0.2, -0.15) is 4.89 Å². The zero-order valence-corrected chi connectivity index (χ0v) is 19.8. The van der Waals surface area contributed by atoms with Crippen LogP contribution in [0, 0.1) is 12.7 Å². The molecule has 3 rings (SSSR count). The number of hydrogen-bond acceptors (Lipinski definition) is 5. The van der Waals surface area contributed by atoms with Gasteiger partial charge in [0.2, 0.25) is 5.66 Å². The smallest absolute Gasteiger partial charge is 0.424 e. The van der Waals surface area contributed by atoms with E-state index in [1.54, 1.807) is 12.1 Å². The van der Waals surface area contributed by atoms with Crippen LogP contribution in [0.5, 0.6) is 5.75 Å². The first-order chi connectivity index (χ1) is 16.3. The molecule has 3 unspecified atom stereocenters. The summed E-state index contributed by atoms with van der Waals surface area (Å²) in [6, 6.07) is 15.4. The van der Waals surface area contributed by atoms with Crippen LogP contribution in [0.1, 0.15) is 24.6 Å². The van der Waals surface area contributed by atoms with Gasteiger partial charge < -0.3 is 9.84 Å². The number of rotatable bonds is 9. The lowest BCUT2D eigenvalue weighted by Crippen LogP contribution is -2.26. The number of nitrogens with zero attached hydrogens (tertiary/aromatic N) is 1. The van der Waals surface area contributed by atoms with Gasteiger partial charge in [0.1, 0.15) is 11.9 Å². The third-order valence-electron chi connectivity index (χ3n) is 5.46. The molecule has 3 aromatic rings. The number of esters is 1. The third-order valence-corrected chi connectivity index (χ3v) is 6.53. The fourth-order valence-corrected chi connectivity index (χ4v) is 4.31. The number of carbonyl (C=O) groups excluding carboxylic acids is 1. The van der Waals surface area contributed by atoms with Crippen LogP contribution < -0.4 is 4.74 Å². The average Bonchev–Trinajstić information content (AvgIpc) is 2.81. The van der Waals surface area contributed by atoms with Crippen molar-refractivity contribution in [1.29, 1.82) is 0 Å². The van der Waals surface area contributed by atoms with Gasteiger partial charge >= 0.3 is 14.0 Å². The Labute approximate surface area is 198 Å². The lowest BCUT2D eigenvalue weighted by Gasteiger charge is -2.20. The molecule has 0 spiro atoms. The second-order valence-corrected chi connectivity index (χ2v) is 8.94. The van der Waals surface area contributed by atoms with E-state index in [0.29, 0.717) is 28.9 Å². The van der Waals surface area contributed by atoms with Crippen molar-refractivity contribution in [2.24, 2.45) is 0 Å². The van der Waals surface area contributed by atoms with Crippen LogP contribution in [0.4, 0.5) is 4.39 Å². The molecular weight excluding hydrogens is 456 g/mol. The predicted molar refractivity (Wildman–Crippen MR) is 129 cm³/mol. The molecule has 0 fully saturated rings. The van der Waals surface area contributed by atoms with Crippen molar-refractivity contribution in [3.05, 3.63) is 84.3 Å². The number of benzene rings is 2. The van der Waals surface area contributed by atoms with E-state index >= 15 is 0 Å². The van der Waals surface area contributed by atoms with Gasteiger partial charge in [0.25, 0.3) is 0 Å². The second kappa shape index (κ2) is 11.3. The molecule has 0 saturated carbocycles. The lowest BCUT2D eigenvalue weighted by atomic mass is 9.94. The molecule has 0 aliphatic carbocycles. The molecule has 1 heterocycles. The fourth-order valence-electron chi connectivity index (χ4n) is 3.73. The third kappa shape index (κ3) is 5.62. The van der Waals surface area contributed by atoms with E-state index in [4.69, 9.17) is 9.72 Å². The highest BCUT2D eigenvalue weighted by Crippen LogP contribution is 2.40. The van der Waals surface area contributed by atoms with Gasteiger partial charge in [0.15, 0.2) is 5.75 Å². The molecule has 2 aromatic carbocycles. The highest BCUT2D eigenvalue weighted by atomic mass is 31.1. The molecule has 0 radical (unpaired) electrons. The van der Waals surface area contributed by atoms with Gasteiger partial charge in [-0.25, -0.2) is 9.37 Å². The fraction of sp³-hybridized carbons (Fsp3) is 0.231. The Kier molecular flexibility index (Phi) is 8.40. The molecule has 1 aromatic heterocycles. The van der Waals surface area contributed by atoms with E-state index in [9.17, 15) is 23.7 Å². The molecule has 2 N–H and O–H groups in total. The summed E-state index contributed by atoms with van der Waals surface area (Å²) in [6.07, 6.45) is -0.366. The number of ether oxygens (including phenoxy) is 1. The van der Waals surface area contributed by atoms with Crippen LogP contribution in [-0.4, -0.2) is 32.7 Å². The number of aliphatic hydroxyl groups excluding tert-OH is 1. The first-order valence-electron chi connectivity index (χ1n) is 10.8. The van der Waals surface area contributed by atoms with Crippen molar-refractivity contribution in [2.75, 3.05) is 0 Å². The minimum Gasteiger partial charge on any atom is -0.424 e. The highest BCUT2D eigenvalue weighted by Gasteiger charge is 2.36. The van der Waals surface area contributed by atoms with Gasteiger partial charge in [-0.3, -0.25) is 4.79 Å². The van der Waals surface area contributed by atoms with Crippen LogP contribution in [0.3, 0.4) is 0 Å². The number of pyridine rings is 1. The molecule has 3 atom stereocenters. The number of carbonyl (C=O) groups is 1. The van der Waals surface area contributed by atoms with Gasteiger partial charge in [0.05, 0.1) is 17.8 Å². The Hall–Kier alpha value is -3.25. The average molecular weight is 482 g/mol. The molecule has 0 aliphatic rings. The van der Waals surface area contributed by atoms with Gasteiger partial charge in [-0.1, -0.05) is 56.0 Å². The minimum atomic E-state index is -2.76. The summed E-state index contributed by atoms with van der Waals surface area (Å²) in [5, 5.41) is 10.2. The summed E-state index contributed by atoms with van der Waals surface area (Å²) in [5.41, 5.74) is 2.90. The molecule has 34 heavy (non-hydrogen) atoms. The molecule has 176 valence electrons. The normalized spacial score (nSPS) is 13.1. The zero-order valence-electron chi connectivity index (χ0n) is 18.9. The lowest BCUT2D eigenvalue weighted by molar-refractivity contribution is -0.136. The number of hydrogen-bond donors (Lipinski definition) is 2. The summed E-state index contributed by atoms with van der Waals surface area (Å²) in [5.74, 6) is -0.973. The molecular formula is C26H26FNO5P+. The largest absolute Gasteiger partial charge is 0.515 e. The topological polar surface area (TPSA) is 96.7 Å². The highest BCUT2D eigenvalue weighted by molar-refractivity contribution is 7.39. The Balaban J connectivity index is 2.11. The van der Waals surface area contributed by atoms with Crippen molar-refractivity contribution in [1.82, 2.24) is 4.98 Å². The van der Waals surface area contributed by atoms with Crippen molar-refractivity contribution in [2.45, 2.75) is 38.5 Å². The van der Waals surface area contributed by atoms with Gasteiger partial charge in [0, 0.05) is 11.1 Å². The van der Waals surface area contributed by atoms with Crippen molar-refractivity contribution in [3.8, 4) is 28.1 Å². The van der Waals surface area contributed by atoms with E-state index in [-0.39, 0.29) is 5.75 Å². The van der Waals surface area contributed by atoms with E-state index in [0.717, 1.165) is 17.2 Å². The maximum atomic E-state index is 13.6. The summed E-state index contributed by atoms with van der Waals surface area (Å²) in [4.78, 5) is 26.9. The predicted octanol–water partition coefficient (Wildman–Crippen LogP) is 5.37. The molecule has 0 saturated heterocycles. The Bertz CT molecular complexity index is 1200. The van der Waals surface area contributed by atoms with Crippen LogP contribution in [0.15, 0.2) is 67.3 Å². The molecule has 6 nitrogen and oxygen atoms in total. The first kappa shape index (κ1) is 25.4. The summed E-state index contributed by atoms with van der Waals surface area (Å²) < 4.78 is 30.8. The standard InChI is InChI=1S/C26H25FNO5P/c1-4-20-26(33-23(30)15-21(29)22(5-2)34(31)32)24(17-11-13-19(27)14-12-17)16(3)25(28-20)18-9-7-6-8-10-18/h5-14,21-22,29H,2,4,15H2,1,3H3/p+1. The van der Waals surface area contributed by atoms with Crippen molar-refractivity contribution in [3.63, 3.8) is 0 Å². The maximum Gasteiger partial charge on any atom is 0.515 e. The monoisotopic (exact) mass is 482 g/mol. The maximum absolute atomic E-state index is 13.6. The van der Waals surface area contributed by atoms with E-state index in [1.807, 2.05) is 44.2 Å². The number of halogens is 1. The zero-order chi connectivity index (χ0) is 24.8. The van der Waals surface area contributed by atoms with Crippen LogP contribution in [-0.2, 0) is 15.8 Å². The molecule has 8 heteroatoms. The number of aliphatic hydroxyl groups is 1. The van der Waals surface area contributed by atoms with Crippen LogP contribution in [0.25, 0.3) is 22.4 Å². The van der Waals surface area contributed by atoms with E-state index in [1.165, 1.54) is 12.1 Å². The van der Waals surface area contributed by atoms with Crippen LogP contribution in [0.2, 0.25) is 0 Å². The Morgan fingerprint density at radius 2 is 1.82 bits per heavy atom. The molecule has 0 aliphatic heterocycles. The first-order valence-corrected chi connectivity index (χ1v) is 12.1. The van der Waals surface area contributed by atoms with E-state index < -0.39 is 38.0 Å². The van der Waals surface area contributed by atoms with Gasteiger partial charge in [-0.05, 0) is 47.2 Å². The summed E-state index contributed by atoms with van der Waals surface area (Å²) in [6.45, 7) is 7.16. The number of aryl methyl sites for hydroxylation is 1. The second-order valence-electron chi connectivity index (χ2n) is 7.74. The Morgan fingerprint density at radius 3 is 2.38 bits per heavy atom. The van der Waals surface area contributed by atoms with E-state index in [2.05, 4.69) is 6.58 Å². The molecule has 0 bridgehead atoms. The van der Waals surface area contributed by atoms with Crippen LogP contribution >= 0.6 is 8.03 Å². The minimum absolute atomic E-state index is 0.215. The molecule has 0 amide bonds.